The molecule has 0 saturated carbocycles. The van der Waals surface area contributed by atoms with Gasteiger partial charge in [0, 0.05) is 5.02 Å². The Hall–Kier alpha value is -2.29. The summed E-state index contributed by atoms with van der Waals surface area (Å²) >= 11 is 6.02. The zero-order valence-electron chi connectivity index (χ0n) is 13.5. The van der Waals surface area contributed by atoms with Crippen molar-refractivity contribution in [1.29, 1.82) is 0 Å². The van der Waals surface area contributed by atoms with E-state index in [-0.39, 0.29) is 6.10 Å². The molecule has 3 aromatic rings. The highest BCUT2D eigenvalue weighted by atomic mass is 35.5. The molecule has 24 heavy (non-hydrogen) atoms. The fourth-order valence-electron chi connectivity index (χ4n) is 2.36. The fraction of sp³-hybridized carbons (Fsp3) is 0.143. The van der Waals surface area contributed by atoms with Crippen molar-refractivity contribution in [3.63, 3.8) is 0 Å². The van der Waals surface area contributed by atoms with E-state index in [0.717, 1.165) is 27.6 Å². The molecule has 0 aromatic heterocycles. The summed E-state index contributed by atoms with van der Waals surface area (Å²) in [5, 5.41) is 0.727. The van der Waals surface area contributed by atoms with E-state index in [2.05, 4.69) is 0 Å². The molecule has 0 aliphatic heterocycles. The summed E-state index contributed by atoms with van der Waals surface area (Å²) in [5.41, 5.74) is 2.18. The number of para-hydroxylation sites is 1. The highest BCUT2D eigenvalue weighted by Gasteiger charge is 2.07. The Morgan fingerprint density at radius 3 is 2.25 bits per heavy atom. The predicted octanol–water partition coefficient (Wildman–Crippen LogP) is 6.41. The Labute approximate surface area is 147 Å². The molecule has 0 heterocycles. The lowest BCUT2D eigenvalue weighted by Gasteiger charge is -2.14. The Morgan fingerprint density at radius 2 is 1.54 bits per heavy atom. The monoisotopic (exact) mass is 338 g/mol. The summed E-state index contributed by atoms with van der Waals surface area (Å²) in [7, 11) is 0. The van der Waals surface area contributed by atoms with Crippen LogP contribution in [0.15, 0.2) is 78.9 Å². The molecule has 2 nitrogen and oxygen atoms in total. The van der Waals surface area contributed by atoms with Crippen molar-refractivity contribution in [2.75, 3.05) is 0 Å². The maximum absolute atomic E-state index is 6.02. The summed E-state index contributed by atoms with van der Waals surface area (Å²) < 4.78 is 11.7. The lowest BCUT2D eigenvalue weighted by molar-refractivity contribution is 0.0525. The van der Waals surface area contributed by atoms with Gasteiger partial charge in [-0.1, -0.05) is 54.1 Å². The SMILES string of the molecule is C[C@H](OCc1ccc(Oc2ccccc2)cc1)c1cccc(Cl)c1. The van der Waals surface area contributed by atoms with Crippen molar-refractivity contribution in [2.24, 2.45) is 0 Å². The molecule has 0 aliphatic rings. The molecule has 0 radical (unpaired) electrons. The molecule has 122 valence electrons. The van der Waals surface area contributed by atoms with E-state index >= 15 is 0 Å². The average Bonchev–Trinajstić information content (AvgIpc) is 2.62. The average molecular weight is 339 g/mol. The summed E-state index contributed by atoms with van der Waals surface area (Å²) in [4.78, 5) is 0. The topological polar surface area (TPSA) is 18.5 Å². The van der Waals surface area contributed by atoms with E-state index in [9.17, 15) is 0 Å². The highest BCUT2D eigenvalue weighted by Crippen LogP contribution is 2.24. The largest absolute Gasteiger partial charge is 0.457 e. The summed E-state index contributed by atoms with van der Waals surface area (Å²) in [6, 6.07) is 25.4. The molecule has 0 fully saturated rings. The first-order valence-corrected chi connectivity index (χ1v) is 8.27. The first-order valence-electron chi connectivity index (χ1n) is 7.89. The van der Waals surface area contributed by atoms with E-state index < -0.39 is 0 Å². The molecule has 0 unspecified atom stereocenters. The molecule has 0 saturated heterocycles. The number of hydrogen-bond acceptors (Lipinski definition) is 2. The minimum Gasteiger partial charge on any atom is -0.457 e. The van der Waals surface area contributed by atoms with Crippen LogP contribution in [-0.2, 0) is 11.3 Å². The number of rotatable bonds is 6. The van der Waals surface area contributed by atoms with Crippen LogP contribution in [0.4, 0.5) is 0 Å². The lowest BCUT2D eigenvalue weighted by atomic mass is 10.1. The van der Waals surface area contributed by atoms with Crippen LogP contribution in [-0.4, -0.2) is 0 Å². The van der Waals surface area contributed by atoms with Crippen molar-refractivity contribution < 1.29 is 9.47 Å². The first kappa shape index (κ1) is 16.6. The molecule has 0 spiro atoms. The Bertz CT molecular complexity index is 769. The van der Waals surface area contributed by atoms with Gasteiger partial charge in [0.1, 0.15) is 11.5 Å². The van der Waals surface area contributed by atoms with Gasteiger partial charge < -0.3 is 9.47 Å². The molecule has 3 rings (SSSR count). The summed E-state index contributed by atoms with van der Waals surface area (Å²) in [6.07, 6.45) is -0.0102. The number of halogens is 1. The smallest absolute Gasteiger partial charge is 0.127 e. The van der Waals surface area contributed by atoms with Gasteiger partial charge in [0.25, 0.3) is 0 Å². The third-order valence-electron chi connectivity index (χ3n) is 3.72. The van der Waals surface area contributed by atoms with Gasteiger partial charge in [-0.15, -0.1) is 0 Å². The van der Waals surface area contributed by atoms with Gasteiger partial charge in [0.05, 0.1) is 12.7 Å². The molecule has 0 bridgehead atoms. The molecule has 0 amide bonds. The molecule has 1 atom stereocenters. The van der Waals surface area contributed by atoms with E-state index in [1.807, 2.05) is 85.8 Å². The van der Waals surface area contributed by atoms with Crippen molar-refractivity contribution in [3.05, 3.63) is 95.0 Å². The van der Waals surface area contributed by atoms with Gasteiger partial charge in [0.2, 0.25) is 0 Å². The Morgan fingerprint density at radius 1 is 0.833 bits per heavy atom. The summed E-state index contributed by atoms with van der Waals surface area (Å²) in [5.74, 6) is 1.64. The predicted molar refractivity (Wildman–Crippen MR) is 97.6 cm³/mol. The number of hydrogen-bond donors (Lipinski definition) is 0. The van der Waals surface area contributed by atoms with E-state index in [0.29, 0.717) is 6.61 Å². The minimum atomic E-state index is -0.0102. The fourth-order valence-corrected chi connectivity index (χ4v) is 2.55. The second kappa shape index (κ2) is 8.00. The second-order valence-electron chi connectivity index (χ2n) is 5.57. The van der Waals surface area contributed by atoms with Gasteiger partial charge in [0.15, 0.2) is 0 Å². The maximum atomic E-state index is 6.02. The van der Waals surface area contributed by atoms with Crippen molar-refractivity contribution in [2.45, 2.75) is 19.6 Å². The Kier molecular flexibility index (Phi) is 5.52. The molecule has 0 N–H and O–H groups in total. The molecular weight excluding hydrogens is 320 g/mol. The van der Waals surface area contributed by atoms with Crippen LogP contribution in [0.2, 0.25) is 5.02 Å². The van der Waals surface area contributed by atoms with Gasteiger partial charge in [-0.3, -0.25) is 0 Å². The quantitative estimate of drug-likeness (QED) is 0.517. The van der Waals surface area contributed by atoms with Crippen LogP contribution in [0.25, 0.3) is 0 Å². The lowest BCUT2D eigenvalue weighted by Crippen LogP contribution is -2.00. The second-order valence-corrected chi connectivity index (χ2v) is 6.00. The number of ether oxygens (including phenoxy) is 2. The van der Waals surface area contributed by atoms with Crippen molar-refractivity contribution >= 4 is 11.6 Å². The maximum Gasteiger partial charge on any atom is 0.127 e. The van der Waals surface area contributed by atoms with Gasteiger partial charge in [-0.2, -0.15) is 0 Å². The van der Waals surface area contributed by atoms with Gasteiger partial charge in [-0.05, 0) is 54.4 Å². The molecular formula is C21H19ClO2. The van der Waals surface area contributed by atoms with Crippen LogP contribution >= 0.6 is 11.6 Å². The first-order chi connectivity index (χ1) is 11.7. The highest BCUT2D eigenvalue weighted by molar-refractivity contribution is 6.30. The van der Waals surface area contributed by atoms with Crippen molar-refractivity contribution in [3.8, 4) is 11.5 Å². The van der Waals surface area contributed by atoms with Crippen molar-refractivity contribution in [1.82, 2.24) is 0 Å². The zero-order chi connectivity index (χ0) is 16.8. The van der Waals surface area contributed by atoms with E-state index in [1.54, 1.807) is 0 Å². The third-order valence-corrected chi connectivity index (χ3v) is 3.96. The Balaban J connectivity index is 1.56. The normalized spacial score (nSPS) is 11.9. The minimum absolute atomic E-state index is 0.0102. The zero-order valence-corrected chi connectivity index (χ0v) is 14.2. The van der Waals surface area contributed by atoms with E-state index in [4.69, 9.17) is 21.1 Å². The van der Waals surface area contributed by atoms with Crippen LogP contribution in [0, 0.1) is 0 Å². The molecule has 3 heteroatoms. The number of benzene rings is 3. The summed E-state index contributed by atoms with van der Waals surface area (Å²) in [6.45, 7) is 2.57. The molecule has 3 aromatic carbocycles. The van der Waals surface area contributed by atoms with Gasteiger partial charge in [-0.25, -0.2) is 0 Å². The standard InChI is InChI=1S/C21H19ClO2/c1-16(18-6-5-7-19(22)14-18)23-15-17-10-12-21(13-11-17)24-20-8-3-2-4-9-20/h2-14,16H,15H2,1H3/t16-/m0/s1. The van der Waals surface area contributed by atoms with Crippen LogP contribution in [0.5, 0.6) is 11.5 Å². The van der Waals surface area contributed by atoms with Crippen LogP contribution in [0.1, 0.15) is 24.2 Å². The van der Waals surface area contributed by atoms with Crippen LogP contribution in [0.3, 0.4) is 0 Å². The van der Waals surface area contributed by atoms with E-state index in [1.165, 1.54) is 0 Å². The van der Waals surface area contributed by atoms with Gasteiger partial charge >= 0.3 is 0 Å². The third kappa shape index (κ3) is 4.60. The van der Waals surface area contributed by atoms with Crippen LogP contribution < -0.4 is 4.74 Å². The molecule has 0 aliphatic carbocycles.